The van der Waals surface area contributed by atoms with E-state index in [0.717, 1.165) is 5.57 Å². The fourth-order valence-electron chi connectivity index (χ4n) is 0.970. The van der Waals surface area contributed by atoms with Gasteiger partial charge in [-0.3, -0.25) is 14.8 Å². The van der Waals surface area contributed by atoms with Gasteiger partial charge in [0.25, 0.3) is 0 Å². The van der Waals surface area contributed by atoms with Gasteiger partial charge in [0, 0.05) is 13.6 Å². The Labute approximate surface area is 81.4 Å². The van der Waals surface area contributed by atoms with Gasteiger partial charge in [-0.25, -0.2) is 0 Å². The third-order valence-corrected chi connectivity index (χ3v) is 1.56. The van der Waals surface area contributed by atoms with Gasteiger partial charge in [-0.05, 0) is 6.92 Å². The second-order valence-corrected chi connectivity index (χ2v) is 3.10. The van der Waals surface area contributed by atoms with Gasteiger partial charge in [0.15, 0.2) is 0 Å². The lowest BCUT2D eigenvalue weighted by Gasteiger charge is -2.00. The molecule has 0 amide bonds. The second kappa shape index (κ2) is 3.91. The highest BCUT2D eigenvalue weighted by molar-refractivity contribution is 5.54. The van der Waals surface area contributed by atoms with Gasteiger partial charge in [-0.1, -0.05) is 12.2 Å². The van der Waals surface area contributed by atoms with E-state index in [1.54, 1.807) is 7.05 Å². The van der Waals surface area contributed by atoms with Gasteiger partial charge in [-0.15, -0.1) is 5.10 Å². The van der Waals surface area contributed by atoms with Crippen molar-refractivity contribution in [1.82, 2.24) is 9.78 Å². The van der Waals surface area contributed by atoms with Gasteiger partial charge >= 0.3 is 5.69 Å². The van der Waals surface area contributed by atoms with Crippen LogP contribution in [-0.2, 0) is 7.05 Å². The number of rotatable bonds is 4. The van der Waals surface area contributed by atoms with Crippen LogP contribution in [0.15, 0.2) is 18.3 Å². The molecule has 0 aliphatic rings. The number of nitro groups is 1. The highest BCUT2D eigenvalue weighted by Gasteiger charge is 2.17. The third kappa shape index (κ3) is 2.32. The topological polar surface area (TPSA) is 73.0 Å². The zero-order valence-corrected chi connectivity index (χ0v) is 8.15. The molecule has 1 heterocycles. The van der Waals surface area contributed by atoms with E-state index in [0.29, 0.717) is 6.54 Å². The lowest BCUT2D eigenvalue weighted by atomic mass is 10.3. The minimum absolute atomic E-state index is 0.0197. The van der Waals surface area contributed by atoms with Gasteiger partial charge < -0.3 is 5.32 Å². The normalized spacial score (nSPS) is 9.86. The fourth-order valence-corrected chi connectivity index (χ4v) is 0.970. The van der Waals surface area contributed by atoms with Crippen LogP contribution in [0.3, 0.4) is 0 Å². The highest BCUT2D eigenvalue weighted by Crippen LogP contribution is 2.21. The highest BCUT2D eigenvalue weighted by atomic mass is 16.6. The number of hydrogen-bond donors (Lipinski definition) is 1. The Morgan fingerprint density at radius 2 is 2.50 bits per heavy atom. The molecule has 0 aromatic carbocycles. The number of aryl methyl sites for hydroxylation is 1. The molecule has 0 radical (unpaired) electrons. The summed E-state index contributed by atoms with van der Waals surface area (Å²) in [7, 11) is 1.64. The first-order valence-electron chi connectivity index (χ1n) is 4.07. The van der Waals surface area contributed by atoms with E-state index in [-0.39, 0.29) is 11.5 Å². The van der Waals surface area contributed by atoms with Crippen LogP contribution in [0.2, 0.25) is 0 Å². The summed E-state index contributed by atoms with van der Waals surface area (Å²) in [6, 6.07) is 0. The lowest BCUT2D eigenvalue weighted by Crippen LogP contribution is -2.04. The van der Waals surface area contributed by atoms with Gasteiger partial charge in [0.2, 0.25) is 5.82 Å². The van der Waals surface area contributed by atoms with Crippen LogP contribution in [0.5, 0.6) is 0 Å². The Bertz CT molecular complexity index is 369. The Kier molecular flexibility index (Phi) is 2.85. The summed E-state index contributed by atoms with van der Waals surface area (Å²) in [6.45, 7) is 6.00. The van der Waals surface area contributed by atoms with Crippen molar-refractivity contribution in [2.75, 3.05) is 11.9 Å². The van der Waals surface area contributed by atoms with E-state index < -0.39 is 4.92 Å². The SMILES string of the molecule is C=C(C)CNc1nn(C)cc1[N+](=O)[O-]. The van der Waals surface area contributed by atoms with Crippen LogP contribution < -0.4 is 5.32 Å². The maximum atomic E-state index is 10.6. The molecule has 76 valence electrons. The van der Waals surface area contributed by atoms with Crippen molar-refractivity contribution in [2.45, 2.75) is 6.92 Å². The molecule has 1 rings (SSSR count). The first kappa shape index (κ1) is 10.2. The number of nitrogens with one attached hydrogen (secondary N) is 1. The number of nitrogens with zero attached hydrogens (tertiary/aromatic N) is 3. The molecule has 0 saturated carbocycles. The third-order valence-electron chi connectivity index (χ3n) is 1.56. The van der Waals surface area contributed by atoms with Crippen molar-refractivity contribution in [3.05, 3.63) is 28.5 Å². The van der Waals surface area contributed by atoms with Crippen LogP contribution in [0, 0.1) is 10.1 Å². The Hall–Kier alpha value is -1.85. The Balaban J connectivity index is 2.84. The van der Waals surface area contributed by atoms with E-state index in [1.165, 1.54) is 10.9 Å². The van der Waals surface area contributed by atoms with E-state index in [4.69, 9.17) is 0 Å². The summed E-state index contributed by atoms with van der Waals surface area (Å²) >= 11 is 0. The maximum absolute atomic E-state index is 10.6. The fraction of sp³-hybridized carbons (Fsp3) is 0.375. The first-order valence-corrected chi connectivity index (χ1v) is 4.07. The molecule has 6 heteroatoms. The molecule has 0 saturated heterocycles. The molecule has 1 aromatic rings. The molecule has 0 bridgehead atoms. The number of anilines is 1. The van der Waals surface area contributed by atoms with Gasteiger partial charge in [0.05, 0.1) is 4.92 Å². The monoisotopic (exact) mass is 196 g/mol. The summed E-state index contributed by atoms with van der Waals surface area (Å²) in [5.74, 6) is 0.278. The molecule has 0 atom stereocenters. The van der Waals surface area contributed by atoms with Crippen molar-refractivity contribution >= 4 is 11.5 Å². The minimum atomic E-state index is -0.465. The zero-order chi connectivity index (χ0) is 10.7. The molecule has 0 aliphatic heterocycles. The number of aromatic nitrogens is 2. The second-order valence-electron chi connectivity index (χ2n) is 3.10. The Morgan fingerprint density at radius 3 is 3.00 bits per heavy atom. The van der Waals surface area contributed by atoms with E-state index >= 15 is 0 Å². The summed E-state index contributed by atoms with van der Waals surface area (Å²) in [4.78, 5) is 10.1. The summed E-state index contributed by atoms with van der Waals surface area (Å²) < 4.78 is 1.40. The summed E-state index contributed by atoms with van der Waals surface area (Å²) in [6.07, 6.45) is 1.36. The minimum Gasteiger partial charge on any atom is -0.359 e. The standard InChI is InChI=1S/C8H12N4O2/c1-6(2)4-9-8-7(12(13)14)5-11(3)10-8/h5H,1,4H2,2-3H3,(H,9,10). The largest absolute Gasteiger partial charge is 0.359 e. The van der Waals surface area contributed by atoms with E-state index in [1.807, 2.05) is 6.92 Å². The predicted octanol–water partition coefficient (Wildman–Crippen LogP) is 1.32. The van der Waals surface area contributed by atoms with Crippen molar-refractivity contribution in [2.24, 2.45) is 7.05 Å². The van der Waals surface area contributed by atoms with Gasteiger partial charge in [-0.2, -0.15) is 0 Å². The average Bonchev–Trinajstić information content (AvgIpc) is 2.43. The molecule has 0 fully saturated rings. The van der Waals surface area contributed by atoms with Crippen LogP contribution in [0.1, 0.15) is 6.92 Å². The first-order chi connectivity index (χ1) is 6.50. The maximum Gasteiger partial charge on any atom is 0.330 e. The molecule has 0 unspecified atom stereocenters. The van der Waals surface area contributed by atoms with Crippen LogP contribution in [0.25, 0.3) is 0 Å². The molecular weight excluding hydrogens is 184 g/mol. The van der Waals surface area contributed by atoms with Crippen molar-refractivity contribution in [1.29, 1.82) is 0 Å². The molecule has 1 aromatic heterocycles. The molecule has 14 heavy (non-hydrogen) atoms. The molecular formula is C8H12N4O2. The average molecular weight is 196 g/mol. The van der Waals surface area contributed by atoms with E-state index in [9.17, 15) is 10.1 Å². The molecule has 0 aliphatic carbocycles. The van der Waals surface area contributed by atoms with Gasteiger partial charge in [0.1, 0.15) is 6.20 Å². The van der Waals surface area contributed by atoms with Crippen molar-refractivity contribution in [3.63, 3.8) is 0 Å². The quantitative estimate of drug-likeness (QED) is 0.447. The summed E-state index contributed by atoms with van der Waals surface area (Å²) in [5.41, 5.74) is 0.874. The summed E-state index contributed by atoms with van der Waals surface area (Å²) in [5, 5.41) is 17.3. The molecule has 0 spiro atoms. The van der Waals surface area contributed by atoms with E-state index in [2.05, 4.69) is 17.0 Å². The number of hydrogen-bond acceptors (Lipinski definition) is 4. The van der Waals surface area contributed by atoms with Crippen LogP contribution in [-0.4, -0.2) is 21.2 Å². The Morgan fingerprint density at radius 1 is 1.86 bits per heavy atom. The predicted molar refractivity (Wildman–Crippen MR) is 53.2 cm³/mol. The van der Waals surface area contributed by atoms with Crippen LogP contribution in [0.4, 0.5) is 11.5 Å². The van der Waals surface area contributed by atoms with Crippen molar-refractivity contribution in [3.8, 4) is 0 Å². The molecule has 6 nitrogen and oxygen atoms in total. The lowest BCUT2D eigenvalue weighted by molar-refractivity contribution is -0.384. The van der Waals surface area contributed by atoms with Crippen LogP contribution >= 0.6 is 0 Å². The molecule has 1 N–H and O–H groups in total. The zero-order valence-electron chi connectivity index (χ0n) is 8.15. The smallest absolute Gasteiger partial charge is 0.330 e. The van der Waals surface area contributed by atoms with Crippen molar-refractivity contribution < 1.29 is 4.92 Å².